The maximum absolute atomic E-state index is 4.48. The van der Waals surface area contributed by atoms with Crippen molar-refractivity contribution in [2.75, 3.05) is 6.54 Å². The van der Waals surface area contributed by atoms with Crippen molar-refractivity contribution in [3.05, 3.63) is 11.6 Å². The summed E-state index contributed by atoms with van der Waals surface area (Å²) in [7, 11) is 0. The molecule has 4 heteroatoms. The third-order valence-electron chi connectivity index (χ3n) is 3.34. The number of hydrogen-bond donors (Lipinski definition) is 1. The van der Waals surface area contributed by atoms with Crippen molar-refractivity contribution < 1.29 is 0 Å². The van der Waals surface area contributed by atoms with E-state index >= 15 is 0 Å². The molecule has 0 bridgehead atoms. The van der Waals surface area contributed by atoms with Crippen LogP contribution in [-0.4, -0.2) is 27.4 Å². The Morgan fingerprint density at radius 1 is 1.38 bits per heavy atom. The lowest BCUT2D eigenvalue weighted by atomic mass is 10.2. The minimum absolute atomic E-state index is 0.551. The van der Waals surface area contributed by atoms with Gasteiger partial charge in [0.15, 0.2) is 0 Å². The third-order valence-corrected chi connectivity index (χ3v) is 3.34. The Kier molecular flexibility index (Phi) is 3.59. The van der Waals surface area contributed by atoms with Gasteiger partial charge in [-0.1, -0.05) is 6.92 Å². The number of nitrogens with zero attached hydrogens (tertiary/aromatic N) is 3. The van der Waals surface area contributed by atoms with E-state index in [0.29, 0.717) is 12.1 Å². The zero-order valence-corrected chi connectivity index (χ0v) is 10.5. The van der Waals surface area contributed by atoms with Gasteiger partial charge >= 0.3 is 0 Å². The third kappa shape index (κ3) is 2.43. The molecule has 2 atom stereocenters. The molecule has 4 nitrogen and oxygen atoms in total. The topological polar surface area (TPSA) is 42.7 Å². The number of hydrogen-bond acceptors (Lipinski definition) is 3. The molecule has 2 unspecified atom stereocenters. The monoisotopic (exact) mass is 222 g/mol. The second kappa shape index (κ2) is 4.95. The fourth-order valence-electron chi connectivity index (χ4n) is 2.60. The summed E-state index contributed by atoms with van der Waals surface area (Å²) in [6, 6.07) is 1.23. The van der Waals surface area contributed by atoms with Gasteiger partial charge in [0.1, 0.15) is 11.6 Å². The highest BCUT2D eigenvalue weighted by atomic mass is 15.4. The molecule has 90 valence electrons. The normalized spacial score (nSPS) is 25.2. The Morgan fingerprint density at radius 2 is 2.19 bits per heavy atom. The van der Waals surface area contributed by atoms with Gasteiger partial charge in [-0.2, -0.15) is 5.10 Å². The molecule has 1 aliphatic carbocycles. The first-order valence-electron chi connectivity index (χ1n) is 6.33. The standard InChI is InChI=1S/C12H22N4/c1-4-7-13-11-5-6-12(8-11)16-10(3)14-9(2)15-16/h11-13H,4-8H2,1-3H3. The van der Waals surface area contributed by atoms with E-state index in [1.807, 2.05) is 13.8 Å². The van der Waals surface area contributed by atoms with E-state index in [1.54, 1.807) is 0 Å². The Morgan fingerprint density at radius 3 is 2.81 bits per heavy atom. The van der Waals surface area contributed by atoms with Crippen molar-refractivity contribution >= 4 is 0 Å². The summed E-state index contributed by atoms with van der Waals surface area (Å²) >= 11 is 0. The van der Waals surface area contributed by atoms with Crippen LogP contribution in [0, 0.1) is 13.8 Å². The van der Waals surface area contributed by atoms with E-state index in [2.05, 4.69) is 27.0 Å². The highest BCUT2D eigenvalue weighted by molar-refractivity contribution is 4.94. The lowest BCUT2D eigenvalue weighted by Crippen LogP contribution is -2.27. The Hall–Kier alpha value is -0.900. The smallest absolute Gasteiger partial charge is 0.147 e. The van der Waals surface area contributed by atoms with Gasteiger partial charge < -0.3 is 5.32 Å². The van der Waals surface area contributed by atoms with Gasteiger partial charge in [-0.25, -0.2) is 9.67 Å². The van der Waals surface area contributed by atoms with Crippen LogP contribution in [0.25, 0.3) is 0 Å². The summed E-state index contributed by atoms with van der Waals surface area (Å²) in [6.45, 7) is 7.36. The van der Waals surface area contributed by atoms with Crippen molar-refractivity contribution in [1.82, 2.24) is 20.1 Å². The van der Waals surface area contributed by atoms with E-state index in [9.17, 15) is 0 Å². The molecule has 0 spiro atoms. The van der Waals surface area contributed by atoms with E-state index in [-0.39, 0.29) is 0 Å². The predicted molar refractivity (Wildman–Crippen MR) is 64.5 cm³/mol. The molecule has 0 radical (unpaired) electrons. The van der Waals surface area contributed by atoms with Crippen LogP contribution in [0.5, 0.6) is 0 Å². The fraction of sp³-hybridized carbons (Fsp3) is 0.833. The highest BCUT2D eigenvalue weighted by Gasteiger charge is 2.27. The molecule has 0 aromatic carbocycles. The van der Waals surface area contributed by atoms with Gasteiger partial charge in [0.2, 0.25) is 0 Å². The second-order valence-electron chi connectivity index (χ2n) is 4.77. The van der Waals surface area contributed by atoms with E-state index in [0.717, 1.165) is 18.2 Å². The molecule has 1 aromatic rings. The van der Waals surface area contributed by atoms with Crippen molar-refractivity contribution in [1.29, 1.82) is 0 Å². The van der Waals surface area contributed by atoms with Gasteiger partial charge in [0.05, 0.1) is 6.04 Å². The summed E-state index contributed by atoms with van der Waals surface area (Å²) in [5.74, 6) is 1.95. The summed E-state index contributed by atoms with van der Waals surface area (Å²) in [4.78, 5) is 4.37. The zero-order valence-electron chi connectivity index (χ0n) is 10.5. The van der Waals surface area contributed by atoms with Crippen LogP contribution in [0.4, 0.5) is 0 Å². The van der Waals surface area contributed by atoms with Crippen LogP contribution in [0.3, 0.4) is 0 Å². The van der Waals surface area contributed by atoms with Gasteiger partial charge in [-0.15, -0.1) is 0 Å². The number of rotatable bonds is 4. The molecule has 1 aliphatic rings. The average Bonchev–Trinajstić information content (AvgIpc) is 2.82. The van der Waals surface area contributed by atoms with E-state index in [4.69, 9.17) is 0 Å². The maximum Gasteiger partial charge on any atom is 0.147 e. The summed E-state index contributed by atoms with van der Waals surface area (Å²) < 4.78 is 2.11. The first kappa shape index (κ1) is 11.6. The highest BCUT2D eigenvalue weighted by Crippen LogP contribution is 2.30. The molecule has 1 saturated carbocycles. The average molecular weight is 222 g/mol. The largest absolute Gasteiger partial charge is 0.314 e. The minimum atomic E-state index is 0.551. The summed E-state index contributed by atoms with van der Waals surface area (Å²) in [6.07, 6.45) is 4.90. The quantitative estimate of drug-likeness (QED) is 0.847. The maximum atomic E-state index is 4.48. The van der Waals surface area contributed by atoms with Crippen molar-refractivity contribution in [2.24, 2.45) is 0 Å². The van der Waals surface area contributed by atoms with Crippen molar-refractivity contribution in [3.8, 4) is 0 Å². The molecule has 16 heavy (non-hydrogen) atoms. The van der Waals surface area contributed by atoms with Crippen molar-refractivity contribution in [3.63, 3.8) is 0 Å². The van der Waals surface area contributed by atoms with Gasteiger partial charge in [0, 0.05) is 6.04 Å². The van der Waals surface area contributed by atoms with E-state index < -0.39 is 0 Å². The molecule has 1 heterocycles. The molecular weight excluding hydrogens is 200 g/mol. The van der Waals surface area contributed by atoms with E-state index in [1.165, 1.54) is 25.7 Å². The molecule has 0 saturated heterocycles. The predicted octanol–water partition coefficient (Wildman–Crippen LogP) is 1.99. The Balaban J connectivity index is 1.95. The number of aryl methyl sites for hydroxylation is 2. The SMILES string of the molecule is CCCNC1CCC(n2nc(C)nc2C)C1. The summed E-state index contributed by atoms with van der Waals surface area (Å²) in [5.41, 5.74) is 0. The fourth-order valence-corrected chi connectivity index (χ4v) is 2.60. The van der Waals surface area contributed by atoms with Gasteiger partial charge in [0.25, 0.3) is 0 Å². The Bertz CT molecular complexity index is 345. The van der Waals surface area contributed by atoms with Crippen LogP contribution in [0.1, 0.15) is 50.3 Å². The lowest BCUT2D eigenvalue weighted by molar-refractivity contribution is 0.431. The molecule has 2 rings (SSSR count). The Labute approximate surface area is 97.5 Å². The van der Waals surface area contributed by atoms with Gasteiger partial charge in [-0.3, -0.25) is 0 Å². The number of nitrogens with one attached hydrogen (secondary N) is 1. The molecule has 1 fully saturated rings. The van der Waals surface area contributed by atoms with Crippen molar-refractivity contribution in [2.45, 2.75) is 58.5 Å². The molecule has 0 aliphatic heterocycles. The van der Waals surface area contributed by atoms with Gasteiger partial charge in [-0.05, 0) is 46.1 Å². The lowest BCUT2D eigenvalue weighted by Gasteiger charge is -2.13. The molecule has 0 amide bonds. The van der Waals surface area contributed by atoms with Crippen LogP contribution in [-0.2, 0) is 0 Å². The summed E-state index contributed by atoms with van der Waals surface area (Å²) in [5, 5.41) is 8.08. The molecule has 1 N–H and O–H groups in total. The molecule has 1 aromatic heterocycles. The van der Waals surface area contributed by atoms with Crippen LogP contribution < -0.4 is 5.32 Å². The molecular formula is C12H22N4. The first-order chi connectivity index (χ1) is 7.70. The van der Waals surface area contributed by atoms with Crippen LogP contribution >= 0.6 is 0 Å². The van der Waals surface area contributed by atoms with Crippen LogP contribution in [0.15, 0.2) is 0 Å². The second-order valence-corrected chi connectivity index (χ2v) is 4.77. The zero-order chi connectivity index (χ0) is 11.5. The number of aromatic nitrogens is 3. The first-order valence-corrected chi connectivity index (χ1v) is 6.33. The minimum Gasteiger partial charge on any atom is -0.314 e. The van der Waals surface area contributed by atoms with Crippen LogP contribution in [0.2, 0.25) is 0 Å².